The Morgan fingerprint density at radius 2 is 1.80 bits per heavy atom. The van der Waals surface area contributed by atoms with Gasteiger partial charge in [0.15, 0.2) is 0 Å². The van der Waals surface area contributed by atoms with Gasteiger partial charge in [0.1, 0.15) is 0 Å². The molecule has 10 heavy (non-hydrogen) atoms. The van der Waals surface area contributed by atoms with Crippen LogP contribution in [0.2, 0.25) is 0 Å². The van der Waals surface area contributed by atoms with Gasteiger partial charge >= 0.3 is 19.5 Å². The summed E-state index contributed by atoms with van der Waals surface area (Å²) in [5.74, 6) is 0. The molecule has 2 heteroatoms. The van der Waals surface area contributed by atoms with E-state index in [2.05, 4.69) is 11.2 Å². The zero-order valence-electron chi connectivity index (χ0n) is 6.96. The van der Waals surface area contributed by atoms with E-state index in [9.17, 15) is 0 Å². The van der Waals surface area contributed by atoms with Gasteiger partial charge in [-0.25, -0.2) is 0 Å². The van der Waals surface area contributed by atoms with Gasteiger partial charge in [0.05, 0.1) is 0 Å². The van der Waals surface area contributed by atoms with Gasteiger partial charge in [0.2, 0.25) is 0 Å². The van der Waals surface area contributed by atoms with E-state index >= 15 is 0 Å². The van der Waals surface area contributed by atoms with Gasteiger partial charge in [-0.1, -0.05) is 26.2 Å². The van der Waals surface area contributed by atoms with E-state index in [0.29, 0.717) is 0 Å². The molecule has 1 nitrogen and oxygen atoms in total. The Morgan fingerprint density at radius 1 is 1.20 bits per heavy atom. The third-order valence-electron chi connectivity index (χ3n) is 0.517. The standard InChI is InChI=1S/C5H4N.C2H6.CH3.Zn/c1-2-4-6-5-3-1;1-2;;/h1-4H;1-2H3;1H3;/q-1;;-1;+2. The van der Waals surface area contributed by atoms with Gasteiger partial charge < -0.3 is 12.4 Å². The Kier molecular flexibility index (Phi) is 26.1. The maximum atomic E-state index is 3.66. The van der Waals surface area contributed by atoms with Crippen molar-refractivity contribution < 1.29 is 19.5 Å². The molecule has 0 unspecified atom stereocenters. The molecular weight excluding hydrogens is 175 g/mol. The summed E-state index contributed by atoms with van der Waals surface area (Å²) in [7, 11) is 0. The van der Waals surface area contributed by atoms with Crippen molar-refractivity contribution in [2.24, 2.45) is 0 Å². The molecule has 0 aliphatic rings. The van der Waals surface area contributed by atoms with E-state index in [1.807, 2.05) is 26.0 Å². The third kappa shape index (κ3) is 10.7. The molecule has 1 rings (SSSR count). The van der Waals surface area contributed by atoms with E-state index in [0.717, 1.165) is 0 Å². The molecule has 1 heterocycles. The Balaban J connectivity index is -0.000000114. The largest absolute Gasteiger partial charge is 2.00 e. The first-order valence-electron chi connectivity index (χ1n) is 2.77. The van der Waals surface area contributed by atoms with Crippen LogP contribution in [0.5, 0.6) is 0 Å². The summed E-state index contributed by atoms with van der Waals surface area (Å²) in [5, 5.41) is 0. The van der Waals surface area contributed by atoms with Gasteiger partial charge in [-0.05, 0) is 0 Å². The molecule has 0 fully saturated rings. The number of hydrogen-bond acceptors (Lipinski definition) is 1. The Morgan fingerprint density at radius 3 is 1.90 bits per heavy atom. The van der Waals surface area contributed by atoms with Crippen LogP contribution in [-0.2, 0) is 19.5 Å². The molecule has 0 atom stereocenters. The predicted molar refractivity (Wildman–Crippen MR) is 40.8 cm³/mol. The number of pyridine rings is 1. The van der Waals surface area contributed by atoms with Crippen LogP contribution in [-0.4, -0.2) is 4.98 Å². The van der Waals surface area contributed by atoms with E-state index in [1.165, 1.54) is 0 Å². The van der Waals surface area contributed by atoms with Crippen molar-refractivity contribution in [3.8, 4) is 0 Å². The predicted octanol–water partition coefficient (Wildman–Crippen LogP) is 2.36. The molecule has 0 radical (unpaired) electrons. The van der Waals surface area contributed by atoms with E-state index < -0.39 is 0 Å². The number of nitrogens with zero attached hydrogens (tertiary/aromatic N) is 1. The van der Waals surface area contributed by atoms with Crippen molar-refractivity contribution in [1.29, 1.82) is 0 Å². The molecule has 0 aliphatic carbocycles. The summed E-state index contributed by atoms with van der Waals surface area (Å²) in [6, 6.07) is 5.50. The Bertz CT molecular complexity index is 81.2. The van der Waals surface area contributed by atoms with Crippen molar-refractivity contribution in [3.63, 3.8) is 0 Å². The van der Waals surface area contributed by atoms with Crippen molar-refractivity contribution in [3.05, 3.63) is 38.0 Å². The molecule has 1 aromatic rings. The van der Waals surface area contributed by atoms with Crippen LogP contribution in [0.3, 0.4) is 0 Å². The topological polar surface area (TPSA) is 12.9 Å². The summed E-state index contributed by atoms with van der Waals surface area (Å²) >= 11 is 0. The minimum atomic E-state index is 0. The Labute approximate surface area is 76.6 Å². The maximum absolute atomic E-state index is 3.66. The van der Waals surface area contributed by atoms with Crippen molar-refractivity contribution in [2.75, 3.05) is 0 Å². The number of hydrogen-bond donors (Lipinski definition) is 0. The minimum Gasteiger partial charge on any atom is -0.394 e. The summed E-state index contributed by atoms with van der Waals surface area (Å²) in [6.07, 6.45) is 4.34. The molecule has 0 saturated carbocycles. The fourth-order valence-corrected chi connectivity index (χ4v) is 0.277. The van der Waals surface area contributed by atoms with Gasteiger partial charge in [-0.2, -0.15) is 18.2 Å². The van der Waals surface area contributed by atoms with E-state index in [4.69, 9.17) is 0 Å². The fraction of sp³-hybridized carbons (Fsp3) is 0.250. The second-order valence-corrected chi connectivity index (χ2v) is 0.959. The molecule has 0 amide bonds. The minimum absolute atomic E-state index is 0. The van der Waals surface area contributed by atoms with Crippen LogP contribution < -0.4 is 0 Å². The van der Waals surface area contributed by atoms with Crippen LogP contribution >= 0.6 is 0 Å². The average molecular weight is 189 g/mol. The van der Waals surface area contributed by atoms with Gasteiger partial charge in [0, 0.05) is 0 Å². The Hall–Kier alpha value is -0.227. The van der Waals surface area contributed by atoms with Crippen LogP contribution in [0.15, 0.2) is 24.4 Å². The van der Waals surface area contributed by atoms with Crippen LogP contribution in [0.1, 0.15) is 13.8 Å². The molecule has 0 bridgehead atoms. The second-order valence-electron chi connectivity index (χ2n) is 0.959. The number of aromatic nitrogens is 1. The zero-order chi connectivity index (χ0) is 6.24. The molecule has 0 saturated heterocycles. The molecular formula is C8H13NZn. The monoisotopic (exact) mass is 187 g/mol. The maximum Gasteiger partial charge on any atom is 2.00 e. The average Bonchev–Trinajstić information content (AvgIpc) is 1.96. The molecule has 0 spiro atoms. The van der Waals surface area contributed by atoms with Gasteiger partial charge in [-0.3, -0.25) is 0 Å². The second kappa shape index (κ2) is 15.9. The van der Waals surface area contributed by atoms with Crippen molar-refractivity contribution in [1.82, 2.24) is 4.98 Å². The van der Waals surface area contributed by atoms with Crippen LogP contribution in [0.25, 0.3) is 0 Å². The normalized spacial score (nSPS) is 5.40. The third-order valence-corrected chi connectivity index (χ3v) is 0.517. The van der Waals surface area contributed by atoms with E-state index in [-0.39, 0.29) is 26.9 Å². The SMILES string of the molecule is CC.[CH3-].[Zn+2].[c-]1ccccn1. The smallest absolute Gasteiger partial charge is 0.394 e. The van der Waals surface area contributed by atoms with E-state index in [1.54, 1.807) is 12.3 Å². The van der Waals surface area contributed by atoms with Crippen LogP contribution in [0.4, 0.5) is 0 Å². The molecule has 0 aliphatic heterocycles. The zero-order valence-corrected chi connectivity index (χ0v) is 9.93. The summed E-state index contributed by atoms with van der Waals surface area (Å²) in [6.45, 7) is 4.00. The first-order valence-corrected chi connectivity index (χ1v) is 2.77. The fourth-order valence-electron chi connectivity index (χ4n) is 0.277. The van der Waals surface area contributed by atoms with Crippen molar-refractivity contribution >= 4 is 0 Å². The summed E-state index contributed by atoms with van der Waals surface area (Å²) < 4.78 is 0. The molecule has 52 valence electrons. The van der Waals surface area contributed by atoms with Crippen LogP contribution in [0, 0.1) is 13.6 Å². The van der Waals surface area contributed by atoms with Crippen molar-refractivity contribution in [2.45, 2.75) is 13.8 Å². The molecule has 0 N–H and O–H groups in total. The molecule has 0 aromatic carbocycles. The number of rotatable bonds is 0. The molecule has 1 aromatic heterocycles. The quantitative estimate of drug-likeness (QED) is 0.450. The first kappa shape index (κ1) is 16.4. The van der Waals surface area contributed by atoms with Gasteiger partial charge in [0.25, 0.3) is 0 Å². The summed E-state index contributed by atoms with van der Waals surface area (Å²) in [4.78, 5) is 3.66. The summed E-state index contributed by atoms with van der Waals surface area (Å²) in [5.41, 5.74) is 0. The first-order chi connectivity index (χ1) is 4.00. The van der Waals surface area contributed by atoms with Gasteiger partial charge in [-0.15, -0.1) is 0 Å².